The zero-order valence-electron chi connectivity index (χ0n) is 11.2. The number of nitrogens with zero attached hydrogens (tertiary/aromatic N) is 1. The van der Waals surface area contributed by atoms with Crippen LogP contribution in [0.25, 0.3) is 0 Å². The molecule has 1 aromatic carbocycles. The Kier molecular flexibility index (Phi) is 4.96. The van der Waals surface area contributed by atoms with E-state index in [1.54, 1.807) is 30.5 Å². The van der Waals surface area contributed by atoms with E-state index in [0.717, 1.165) is 18.8 Å². The van der Waals surface area contributed by atoms with E-state index < -0.39 is 0 Å². The molecule has 5 heteroatoms. The highest BCUT2D eigenvalue weighted by Gasteiger charge is 2.08. The predicted molar refractivity (Wildman–Crippen MR) is 82.4 cm³/mol. The molecule has 1 aromatic heterocycles. The number of amides is 1. The molecule has 1 amide bonds. The summed E-state index contributed by atoms with van der Waals surface area (Å²) in [7, 11) is 0. The third kappa shape index (κ3) is 3.71. The van der Waals surface area contributed by atoms with E-state index in [1.807, 2.05) is 12.1 Å². The van der Waals surface area contributed by atoms with Crippen molar-refractivity contribution in [1.29, 1.82) is 0 Å². The fourth-order valence-corrected chi connectivity index (χ4v) is 1.83. The van der Waals surface area contributed by atoms with Gasteiger partial charge in [0, 0.05) is 12.7 Å². The van der Waals surface area contributed by atoms with Gasteiger partial charge in [0.25, 0.3) is 5.91 Å². The van der Waals surface area contributed by atoms with Crippen molar-refractivity contribution in [3.8, 4) is 0 Å². The molecular weight excluding hydrogens is 274 g/mol. The molecule has 0 radical (unpaired) electrons. The van der Waals surface area contributed by atoms with Crippen LogP contribution >= 0.6 is 11.6 Å². The summed E-state index contributed by atoms with van der Waals surface area (Å²) in [5.74, 6) is 0.536. The van der Waals surface area contributed by atoms with Crippen molar-refractivity contribution in [2.45, 2.75) is 13.3 Å². The van der Waals surface area contributed by atoms with Gasteiger partial charge in [-0.1, -0.05) is 30.7 Å². The van der Waals surface area contributed by atoms with E-state index in [2.05, 4.69) is 22.5 Å². The van der Waals surface area contributed by atoms with Gasteiger partial charge in [-0.15, -0.1) is 0 Å². The van der Waals surface area contributed by atoms with Crippen LogP contribution in [-0.2, 0) is 0 Å². The molecule has 2 rings (SSSR count). The highest BCUT2D eigenvalue weighted by Crippen LogP contribution is 2.21. The van der Waals surface area contributed by atoms with Gasteiger partial charge in [0.1, 0.15) is 5.82 Å². The zero-order chi connectivity index (χ0) is 14.4. The van der Waals surface area contributed by atoms with Crippen LogP contribution in [0.1, 0.15) is 23.7 Å². The van der Waals surface area contributed by atoms with Crippen LogP contribution < -0.4 is 10.6 Å². The molecule has 104 valence electrons. The van der Waals surface area contributed by atoms with E-state index in [1.165, 1.54) is 0 Å². The highest BCUT2D eigenvalue weighted by molar-refractivity contribution is 6.33. The first-order chi connectivity index (χ1) is 9.70. The number of carbonyl (C=O) groups is 1. The maximum absolute atomic E-state index is 12.1. The predicted octanol–water partition coefficient (Wildman–Crippen LogP) is 3.81. The minimum atomic E-state index is -0.229. The summed E-state index contributed by atoms with van der Waals surface area (Å²) >= 11 is 6.00. The molecule has 2 aromatic rings. The monoisotopic (exact) mass is 289 g/mol. The van der Waals surface area contributed by atoms with Gasteiger partial charge >= 0.3 is 0 Å². The van der Waals surface area contributed by atoms with Crippen LogP contribution in [0.15, 0.2) is 42.6 Å². The van der Waals surface area contributed by atoms with Gasteiger partial charge in [-0.3, -0.25) is 4.79 Å². The number of para-hydroxylation sites is 1. The molecule has 0 spiro atoms. The number of hydrogen-bond acceptors (Lipinski definition) is 3. The maximum Gasteiger partial charge on any atom is 0.257 e. The summed E-state index contributed by atoms with van der Waals surface area (Å²) in [4.78, 5) is 16.3. The lowest BCUT2D eigenvalue weighted by atomic mass is 10.2. The van der Waals surface area contributed by atoms with E-state index in [-0.39, 0.29) is 5.91 Å². The van der Waals surface area contributed by atoms with Crippen molar-refractivity contribution in [1.82, 2.24) is 4.98 Å². The first-order valence-corrected chi connectivity index (χ1v) is 6.84. The molecule has 0 saturated heterocycles. The summed E-state index contributed by atoms with van der Waals surface area (Å²) in [6.07, 6.45) is 2.57. The number of aromatic nitrogens is 1. The van der Waals surface area contributed by atoms with Crippen molar-refractivity contribution in [3.63, 3.8) is 0 Å². The third-order valence-electron chi connectivity index (χ3n) is 2.70. The number of rotatable bonds is 5. The van der Waals surface area contributed by atoms with Crippen LogP contribution in [0, 0.1) is 0 Å². The fraction of sp³-hybridized carbons (Fsp3) is 0.200. The van der Waals surface area contributed by atoms with E-state index in [9.17, 15) is 4.79 Å². The van der Waals surface area contributed by atoms with Crippen molar-refractivity contribution in [2.24, 2.45) is 0 Å². The smallest absolute Gasteiger partial charge is 0.257 e. The molecule has 1 heterocycles. The first-order valence-electron chi connectivity index (χ1n) is 6.46. The van der Waals surface area contributed by atoms with Gasteiger partial charge in [-0.2, -0.15) is 0 Å². The molecule has 0 aliphatic carbocycles. The summed E-state index contributed by atoms with van der Waals surface area (Å²) < 4.78 is 0. The standard InChI is InChI=1S/C15H16ClN3O/c1-2-9-17-14-8-7-11(10-18-14)15(20)19-13-6-4-3-5-12(13)16/h3-8,10H,2,9H2,1H3,(H,17,18)(H,19,20). The van der Waals surface area contributed by atoms with Crippen LogP contribution in [-0.4, -0.2) is 17.4 Å². The minimum absolute atomic E-state index is 0.229. The SMILES string of the molecule is CCCNc1ccc(C(=O)Nc2ccccc2Cl)cn1. The minimum Gasteiger partial charge on any atom is -0.370 e. The molecule has 2 N–H and O–H groups in total. The van der Waals surface area contributed by atoms with Gasteiger partial charge in [0.15, 0.2) is 0 Å². The Hall–Kier alpha value is -2.07. The summed E-state index contributed by atoms with van der Waals surface area (Å²) in [5.41, 5.74) is 1.08. The highest BCUT2D eigenvalue weighted by atomic mass is 35.5. The Morgan fingerprint density at radius 3 is 2.70 bits per heavy atom. The number of pyridine rings is 1. The molecule has 0 saturated carbocycles. The van der Waals surface area contributed by atoms with Gasteiger partial charge in [0.05, 0.1) is 16.3 Å². The van der Waals surface area contributed by atoms with Crippen LogP contribution in [0.5, 0.6) is 0 Å². The van der Waals surface area contributed by atoms with Crippen LogP contribution in [0.3, 0.4) is 0 Å². The number of hydrogen-bond donors (Lipinski definition) is 2. The molecule has 0 fully saturated rings. The average Bonchev–Trinajstić information content (AvgIpc) is 2.48. The normalized spacial score (nSPS) is 10.1. The van der Waals surface area contributed by atoms with Crippen LogP contribution in [0.2, 0.25) is 5.02 Å². The molecule has 4 nitrogen and oxygen atoms in total. The Labute approximate surface area is 123 Å². The molecular formula is C15H16ClN3O. The molecule has 0 aliphatic rings. The Balaban J connectivity index is 2.04. The topological polar surface area (TPSA) is 54.0 Å². The molecule has 20 heavy (non-hydrogen) atoms. The van der Waals surface area contributed by atoms with Crippen molar-refractivity contribution in [2.75, 3.05) is 17.2 Å². The van der Waals surface area contributed by atoms with Crippen molar-refractivity contribution >= 4 is 29.0 Å². The van der Waals surface area contributed by atoms with Crippen molar-refractivity contribution < 1.29 is 4.79 Å². The molecule has 0 aliphatic heterocycles. The number of halogens is 1. The van der Waals surface area contributed by atoms with Gasteiger partial charge in [-0.25, -0.2) is 4.98 Å². The molecule has 0 unspecified atom stereocenters. The number of nitrogens with one attached hydrogen (secondary N) is 2. The quantitative estimate of drug-likeness (QED) is 0.880. The van der Waals surface area contributed by atoms with Gasteiger partial charge in [0.2, 0.25) is 0 Å². The zero-order valence-corrected chi connectivity index (χ0v) is 11.9. The molecule has 0 atom stereocenters. The largest absolute Gasteiger partial charge is 0.370 e. The number of benzene rings is 1. The molecule has 0 bridgehead atoms. The van der Waals surface area contributed by atoms with Crippen LogP contribution in [0.4, 0.5) is 11.5 Å². The lowest BCUT2D eigenvalue weighted by Crippen LogP contribution is -2.13. The Morgan fingerprint density at radius 1 is 1.25 bits per heavy atom. The second-order valence-corrected chi connectivity index (χ2v) is 4.70. The van der Waals surface area contributed by atoms with E-state index >= 15 is 0 Å². The number of anilines is 2. The van der Waals surface area contributed by atoms with Gasteiger partial charge < -0.3 is 10.6 Å². The summed E-state index contributed by atoms with van der Waals surface area (Å²) in [6, 6.07) is 10.6. The van der Waals surface area contributed by atoms with E-state index in [4.69, 9.17) is 11.6 Å². The fourth-order valence-electron chi connectivity index (χ4n) is 1.64. The maximum atomic E-state index is 12.1. The average molecular weight is 290 g/mol. The Bertz CT molecular complexity index is 584. The Morgan fingerprint density at radius 2 is 2.05 bits per heavy atom. The lowest BCUT2D eigenvalue weighted by Gasteiger charge is -2.08. The third-order valence-corrected chi connectivity index (χ3v) is 3.03. The van der Waals surface area contributed by atoms with Crippen molar-refractivity contribution in [3.05, 3.63) is 53.2 Å². The summed E-state index contributed by atoms with van der Waals surface area (Å²) in [6.45, 7) is 2.94. The van der Waals surface area contributed by atoms with E-state index in [0.29, 0.717) is 16.3 Å². The first kappa shape index (κ1) is 14.3. The van der Waals surface area contributed by atoms with Gasteiger partial charge in [-0.05, 0) is 30.7 Å². The second-order valence-electron chi connectivity index (χ2n) is 4.29. The number of carbonyl (C=O) groups excluding carboxylic acids is 1. The second kappa shape index (κ2) is 6.91. The lowest BCUT2D eigenvalue weighted by molar-refractivity contribution is 0.102. The summed E-state index contributed by atoms with van der Waals surface area (Å²) in [5, 5.41) is 6.42.